The number of hydrogen-bond acceptors (Lipinski definition) is 3. The first-order chi connectivity index (χ1) is 11.7. The molecule has 0 bridgehead atoms. The van der Waals surface area contributed by atoms with Crippen LogP contribution in [-0.4, -0.2) is 34.8 Å². The first-order valence-electron chi connectivity index (χ1n) is 8.25. The van der Waals surface area contributed by atoms with Gasteiger partial charge in [-0.05, 0) is 42.7 Å². The van der Waals surface area contributed by atoms with E-state index in [1.165, 1.54) is 0 Å². The number of pyridine rings is 1. The molecule has 0 aliphatic carbocycles. The molecule has 2 aromatic rings. The summed E-state index contributed by atoms with van der Waals surface area (Å²) >= 11 is 0. The maximum Gasteiger partial charge on any atom is 0.253 e. The van der Waals surface area contributed by atoms with E-state index in [2.05, 4.69) is 10.3 Å². The van der Waals surface area contributed by atoms with Crippen LogP contribution in [0.5, 0.6) is 0 Å². The predicted molar refractivity (Wildman–Crippen MR) is 91.2 cm³/mol. The number of benzene rings is 1. The number of aromatic nitrogens is 1. The normalized spacial score (nSPS) is 15.1. The summed E-state index contributed by atoms with van der Waals surface area (Å²) in [7, 11) is 0. The van der Waals surface area contributed by atoms with Crippen molar-refractivity contribution in [2.75, 3.05) is 13.1 Å². The summed E-state index contributed by atoms with van der Waals surface area (Å²) in [4.78, 5) is 30.5. The fourth-order valence-electron chi connectivity index (χ4n) is 2.94. The van der Waals surface area contributed by atoms with Crippen molar-refractivity contribution in [3.63, 3.8) is 0 Å². The molecule has 5 nitrogen and oxygen atoms in total. The number of hydrogen-bond donors (Lipinski definition) is 1. The van der Waals surface area contributed by atoms with E-state index < -0.39 is 0 Å². The van der Waals surface area contributed by atoms with Gasteiger partial charge in [0.25, 0.3) is 5.91 Å². The third-order valence-corrected chi connectivity index (χ3v) is 4.39. The molecule has 3 rings (SSSR count). The monoisotopic (exact) mass is 323 g/mol. The number of nitrogens with zero attached hydrogens (tertiary/aromatic N) is 2. The highest BCUT2D eigenvalue weighted by Gasteiger charge is 2.27. The summed E-state index contributed by atoms with van der Waals surface area (Å²) in [6.45, 7) is 1.77. The van der Waals surface area contributed by atoms with Crippen LogP contribution in [0.25, 0.3) is 0 Å². The lowest BCUT2D eigenvalue weighted by atomic mass is 9.95. The van der Waals surface area contributed by atoms with Crippen molar-refractivity contribution in [1.29, 1.82) is 0 Å². The van der Waals surface area contributed by atoms with Crippen molar-refractivity contribution in [2.24, 2.45) is 5.92 Å². The van der Waals surface area contributed by atoms with Gasteiger partial charge in [-0.1, -0.05) is 18.2 Å². The minimum atomic E-state index is -0.0216. The summed E-state index contributed by atoms with van der Waals surface area (Å²) in [5, 5.41) is 2.97. The lowest BCUT2D eigenvalue weighted by molar-refractivity contribution is -0.126. The van der Waals surface area contributed by atoms with Gasteiger partial charge in [0.1, 0.15) is 0 Å². The Morgan fingerprint density at radius 1 is 1.04 bits per heavy atom. The zero-order valence-electron chi connectivity index (χ0n) is 13.5. The minimum Gasteiger partial charge on any atom is -0.352 e. The van der Waals surface area contributed by atoms with E-state index >= 15 is 0 Å². The molecule has 24 heavy (non-hydrogen) atoms. The van der Waals surface area contributed by atoms with Crippen LogP contribution in [0, 0.1) is 5.92 Å². The Kier molecular flexibility index (Phi) is 5.21. The molecular formula is C19H21N3O2. The fraction of sp³-hybridized carbons (Fsp3) is 0.316. The Balaban J connectivity index is 1.48. The van der Waals surface area contributed by atoms with Crippen molar-refractivity contribution < 1.29 is 9.59 Å². The third kappa shape index (κ3) is 3.98. The van der Waals surface area contributed by atoms with Gasteiger partial charge in [-0.3, -0.25) is 14.6 Å². The Hall–Kier alpha value is -2.69. The van der Waals surface area contributed by atoms with Gasteiger partial charge in [-0.15, -0.1) is 0 Å². The van der Waals surface area contributed by atoms with E-state index in [0.717, 1.165) is 5.56 Å². The van der Waals surface area contributed by atoms with Crippen LogP contribution in [0.15, 0.2) is 54.9 Å². The van der Waals surface area contributed by atoms with Crippen LogP contribution in [0.2, 0.25) is 0 Å². The van der Waals surface area contributed by atoms with Crippen LogP contribution in [0.1, 0.15) is 28.8 Å². The van der Waals surface area contributed by atoms with Crippen LogP contribution in [0.4, 0.5) is 0 Å². The van der Waals surface area contributed by atoms with E-state index in [-0.39, 0.29) is 17.7 Å². The highest BCUT2D eigenvalue weighted by Crippen LogP contribution is 2.19. The van der Waals surface area contributed by atoms with E-state index in [1.54, 1.807) is 12.4 Å². The Morgan fingerprint density at radius 2 is 1.71 bits per heavy atom. The number of amides is 2. The van der Waals surface area contributed by atoms with Crippen LogP contribution in [0.3, 0.4) is 0 Å². The van der Waals surface area contributed by atoms with Crippen molar-refractivity contribution in [1.82, 2.24) is 15.2 Å². The molecule has 1 aliphatic heterocycles. The number of carbonyl (C=O) groups excluding carboxylic acids is 2. The smallest absolute Gasteiger partial charge is 0.253 e. The molecule has 1 aromatic heterocycles. The standard InChI is InChI=1S/C19H21N3O2/c23-18(21-14-15-6-10-20-11-7-15)16-8-12-22(13-9-16)19(24)17-4-2-1-3-5-17/h1-7,10-11,16H,8-9,12-14H2,(H,21,23). The maximum absolute atomic E-state index is 12.4. The van der Waals surface area contributed by atoms with Crippen LogP contribution < -0.4 is 5.32 Å². The van der Waals surface area contributed by atoms with Gasteiger partial charge in [-0.2, -0.15) is 0 Å². The SMILES string of the molecule is O=C(NCc1ccncc1)C1CCN(C(=O)c2ccccc2)CC1. The second-order valence-electron chi connectivity index (χ2n) is 6.01. The van der Waals surface area contributed by atoms with Crippen molar-refractivity contribution in [2.45, 2.75) is 19.4 Å². The van der Waals surface area contributed by atoms with E-state index in [9.17, 15) is 9.59 Å². The largest absolute Gasteiger partial charge is 0.352 e. The number of rotatable bonds is 4. The first-order valence-corrected chi connectivity index (χ1v) is 8.25. The van der Waals surface area contributed by atoms with Gasteiger partial charge in [0.2, 0.25) is 5.91 Å². The molecule has 5 heteroatoms. The molecule has 2 amide bonds. The molecule has 0 saturated carbocycles. The van der Waals surface area contributed by atoms with Crippen LogP contribution >= 0.6 is 0 Å². The molecule has 0 spiro atoms. The molecule has 1 aromatic carbocycles. The number of carbonyl (C=O) groups is 2. The fourth-order valence-corrected chi connectivity index (χ4v) is 2.94. The number of nitrogens with one attached hydrogen (secondary N) is 1. The summed E-state index contributed by atoms with van der Waals surface area (Å²) in [6.07, 6.45) is 4.85. The highest BCUT2D eigenvalue weighted by molar-refractivity contribution is 5.94. The van der Waals surface area contributed by atoms with Crippen LogP contribution in [-0.2, 0) is 11.3 Å². The molecule has 1 fully saturated rings. The molecule has 0 atom stereocenters. The van der Waals surface area contributed by atoms with E-state index in [1.807, 2.05) is 47.4 Å². The number of piperidine rings is 1. The molecule has 2 heterocycles. The zero-order valence-corrected chi connectivity index (χ0v) is 13.5. The third-order valence-electron chi connectivity index (χ3n) is 4.39. The molecule has 124 valence electrons. The first kappa shape index (κ1) is 16.2. The quantitative estimate of drug-likeness (QED) is 0.939. The molecule has 1 N–H and O–H groups in total. The summed E-state index contributed by atoms with van der Waals surface area (Å²) in [6, 6.07) is 13.1. The average Bonchev–Trinajstić information content (AvgIpc) is 2.67. The summed E-state index contributed by atoms with van der Waals surface area (Å²) in [5.74, 6) is 0.0940. The topological polar surface area (TPSA) is 62.3 Å². The van der Waals surface area contributed by atoms with Gasteiger partial charge in [-0.25, -0.2) is 0 Å². The maximum atomic E-state index is 12.4. The second kappa shape index (κ2) is 7.73. The lowest BCUT2D eigenvalue weighted by Gasteiger charge is -2.31. The van der Waals surface area contributed by atoms with E-state index in [0.29, 0.717) is 38.0 Å². The highest BCUT2D eigenvalue weighted by atomic mass is 16.2. The Morgan fingerprint density at radius 3 is 2.38 bits per heavy atom. The van der Waals surface area contributed by atoms with Crippen molar-refractivity contribution in [3.05, 3.63) is 66.0 Å². The summed E-state index contributed by atoms with van der Waals surface area (Å²) in [5.41, 5.74) is 1.74. The van der Waals surface area contributed by atoms with Gasteiger partial charge < -0.3 is 10.2 Å². The molecule has 0 radical (unpaired) electrons. The Bertz CT molecular complexity index is 680. The average molecular weight is 323 g/mol. The molecule has 1 saturated heterocycles. The van der Waals surface area contributed by atoms with Gasteiger partial charge in [0, 0.05) is 43.5 Å². The van der Waals surface area contributed by atoms with Crippen molar-refractivity contribution >= 4 is 11.8 Å². The van der Waals surface area contributed by atoms with Gasteiger partial charge >= 0.3 is 0 Å². The zero-order chi connectivity index (χ0) is 16.8. The van der Waals surface area contributed by atoms with Gasteiger partial charge in [0.05, 0.1) is 0 Å². The van der Waals surface area contributed by atoms with Crippen molar-refractivity contribution in [3.8, 4) is 0 Å². The summed E-state index contributed by atoms with van der Waals surface area (Å²) < 4.78 is 0. The lowest BCUT2D eigenvalue weighted by Crippen LogP contribution is -2.42. The Labute approximate surface area is 141 Å². The predicted octanol–water partition coefficient (Wildman–Crippen LogP) is 2.25. The molecule has 1 aliphatic rings. The minimum absolute atomic E-state index is 0.0216. The van der Waals surface area contributed by atoms with Gasteiger partial charge in [0.15, 0.2) is 0 Å². The second-order valence-corrected chi connectivity index (χ2v) is 6.01. The molecule has 0 unspecified atom stereocenters. The molecular weight excluding hydrogens is 302 g/mol. The number of likely N-dealkylation sites (tertiary alicyclic amines) is 1. The van der Waals surface area contributed by atoms with E-state index in [4.69, 9.17) is 0 Å².